The molecule has 0 radical (unpaired) electrons. The summed E-state index contributed by atoms with van der Waals surface area (Å²) in [5.41, 5.74) is 6.48. The zero-order valence-electron chi connectivity index (χ0n) is 11.6. The van der Waals surface area contributed by atoms with Crippen LogP contribution in [0.1, 0.15) is 25.8 Å². The Labute approximate surface area is 114 Å². The third kappa shape index (κ3) is 4.49. The maximum atomic E-state index is 12.2. The van der Waals surface area contributed by atoms with Gasteiger partial charge in [0.25, 0.3) is 0 Å². The number of hydrogen-bond acceptors (Lipinski definition) is 4. The van der Waals surface area contributed by atoms with E-state index in [1.54, 1.807) is 19.1 Å². The van der Waals surface area contributed by atoms with Crippen LogP contribution in [-0.4, -0.2) is 26.7 Å². The van der Waals surface area contributed by atoms with Crippen molar-refractivity contribution in [2.45, 2.75) is 32.1 Å². The van der Waals surface area contributed by atoms with Gasteiger partial charge in [-0.2, -0.15) is 0 Å². The Morgan fingerprint density at radius 2 is 2.00 bits per heavy atom. The van der Waals surface area contributed by atoms with Gasteiger partial charge in [0.05, 0.1) is 4.90 Å². The van der Waals surface area contributed by atoms with Gasteiger partial charge in [-0.15, -0.1) is 0 Å². The van der Waals surface area contributed by atoms with Crippen LogP contribution in [-0.2, 0) is 10.0 Å². The molecule has 0 amide bonds. The normalized spacial score (nSPS) is 12.6. The van der Waals surface area contributed by atoms with Crippen molar-refractivity contribution in [2.75, 3.05) is 18.9 Å². The predicted octanol–water partition coefficient (Wildman–Crippen LogP) is 1.26. The van der Waals surface area contributed by atoms with E-state index in [2.05, 4.69) is 4.72 Å². The molecule has 6 heteroatoms. The van der Waals surface area contributed by atoms with E-state index in [9.17, 15) is 8.42 Å². The van der Waals surface area contributed by atoms with E-state index in [0.29, 0.717) is 17.7 Å². The minimum atomic E-state index is -3.55. The molecule has 1 aromatic carbocycles. The predicted molar refractivity (Wildman–Crippen MR) is 76.3 cm³/mol. The molecule has 0 aliphatic heterocycles. The average Bonchev–Trinajstić information content (AvgIpc) is 2.26. The first-order chi connectivity index (χ1) is 8.68. The Bertz CT molecular complexity index is 539. The summed E-state index contributed by atoms with van der Waals surface area (Å²) >= 11 is 0. The second-order valence-corrected chi connectivity index (χ2v) is 7.22. The zero-order valence-corrected chi connectivity index (χ0v) is 12.4. The van der Waals surface area contributed by atoms with Crippen molar-refractivity contribution in [3.05, 3.63) is 23.8 Å². The molecule has 1 aromatic rings. The van der Waals surface area contributed by atoms with Gasteiger partial charge < -0.3 is 10.8 Å². The summed E-state index contributed by atoms with van der Waals surface area (Å²) in [5.74, 6) is 0. The molecule has 0 heterocycles. The Hall–Kier alpha value is -1.11. The van der Waals surface area contributed by atoms with Crippen LogP contribution < -0.4 is 10.5 Å². The van der Waals surface area contributed by atoms with E-state index in [4.69, 9.17) is 10.8 Å². The number of rotatable bonds is 6. The molecule has 0 fully saturated rings. The van der Waals surface area contributed by atoms with E-state index in [0.717, 1.165) is 0 Å². The van der Waals surface area contributed by atoms with Crippen molar-refractivity contribution < 1.29 is 13.5 Å². The minimum absolute atomic E-state index is 0.0373. The fraction of sp³-hybridized carbons (Fsp3) is 0.538. The lowest BCUT2D eigenvalue weighted by Gasteiger charge is -2.24. The summed E-state index contributed by atoms with van der Waals surface area (Å²) < 4.78 is 27.0. The fourth-order valence-electron chi connectivity index (χ4n) is 1.73. The molecule has 0 saturated heterocycles. The van der Waals surface area contributed by atoms with Crippen LogP contribution in [0, 0.1) is 12.3 Å². The smallest absolute Gasteiger partial charge is 0.240 e. The Morgan fingerprint density at radius 3 is 2.53 bits per heavy atom. The molecule has 108 valence electrons. The summed E-state index contributed by atoms with van der Waals surface area (Å²) in [7, 11) is -3.55. The summed E-state index contributed by atoms with van der Waals surface area (Å²) in [6, 6.07) is 4.71. The highest BCUT2D eigenvalue weighted by Crippen LogP contribution is 2.21. The largest absolute Gasteiger partial charge is 0.399 e. The first kappa shape index (κ1) is 15.9. The monoisotopic (exact) mass is 286 g/mol. The highest BCUT2D eigenvalue weighted by Gasteiger charge is 2.22. The number of anilines is 1. The average molecular weight is 286 g/mol. The highest BCUT2D eigenvalue weighted by atomic mass is 32.2. The summed E-state index contributed by atoms with van der Waals surface area (Å²) in [6.07, 6.45) is 0.538. The van der Waals surface area contributed by atoms with Crippen LogP contribution in [0.15, 0.2) is 23.1 Å². The third-order valence-corrected chi connectivity index (χ3v) is 4.58. The lowest BCUT2D eigenvalue weighted by molar-refractivity contribution is 0.213. The number of benzene rings is 1. The highest BCUT2D eigenvalue weighted by molar-refractivity contribution is 7.89. The van der Waals surface area contributed by atoms with E-state index < -0.39 is 10.0 Å². The van der Waals surface area contributed by atoms with Gasteiger partial charge in [0.15, 0.2) is 0 Å². The molecule has 0 saturated carbocycles. The fourth-order valence-corrected chi connectivity index (χ4v) is 3.20. The standard InChI is InChI=1S/C13H22N2O3S/c1-10-8-11(14)4-5-12(10)19(17,18)15-9-13(2,3)6-7-16/h4-5,8,15-16H,6-7,9,14H2,1-3H3. The first-order valence-corrected chi connectivity index (χ1v) is 7.63. The summed E-state index contributed by atoms with van der Waals surface area (Å²) in [4.78, 5) is 0.237. The van der Waals surface area contributed by atoms with Crippen molar-refractivity contribution in [3.8, 4) is 0 Å². The molecule has 0 atom stereocenters. The zero-order chi connectivity index (χ0) is 14.7. The molecule has 1 rings (SSSR count). The van der Waals surface area contributed by atoms with Gasteiger partial charge in [0.1, 0.15) is 0 Å². The second-order valence-electron chi connectivity index (χ2n) is 5.49. The first-order valence-electron chi connectivity index (χ1n) is 6.15. The van der Waals surface area contributed by atoms with E-state index in [1.807, 2.05) is 13.8 Å². The van der Waals surface area contributed by atoms with Crippen molar-refractivity contribution in [1.82, 2.24) is 4.72 Å². The Kier molecular flexibility index (Phi) is 4.95. The van der Waals surface area contributed by atoms with Gasteiger partial charge in [-0.1, -0.05) is 13.8 Å². The van der Waals surface area contributed by atoms with Crippen LogP contribution in [0.5, 0.6) is 0 Å². The quantitative estimate of drug-likeness (QED) is 0.687. The number of aryl methyl sites for hydroxylation is 1. The van der Waals surface area contributed by atoms with Gasteiger partial charge >= 0.3 is 0 Å². The molecular weight excluding hydrogens is 264 g/mol. The van der Waals surface area contributed by atoms with Crippen molar-refractivity contribution in [3.63, 3.8) is 0 Å². The van der Waals surface area contributed by atoms with Gasteiger partial charge in [0, 0.05) is 18.8 Å². The molecule has 19 heavy (non-hydrogen) atoms. The number of nitrogens with two attached hydrogens (primary N) is 1. The van der Waals surface area contributed by atoms with Gasteiger partial charge in [0.2, 0.25) is 10.0 Å². The third-order valence-electron chi connectivity index (χ3n) is 3.02. The van der Waals surface area contributed by atoms with E-state index in [-0.39, 0.29) is 23.5 Å². The topological polar surface area (TPSA) is 92.4 Å². The van der Waals surface area contributed by atoms with Crippen LogP contribution in [0.2, 0.25) is 0 Å². The van der Waals surface area contributed by atoms with Gasteiger partial charge in [-0.25, -0.2) is 13.1 Å². The number of sulfonamides is 1. The maximum Gasteiger partial charge on any atom is 0.240 e. The minimum Gasteiger partial charge on any atom is -0.399 e. The molecular formula is C13H22N2O3S. The molecule has 4 N–H and O–H groups in total. The van der Waals surface area contributed by atoms with Crippen LogP contribution >= 0.6 is 0 Å². The molecule has 0 spiro atoms. The summed E-state index contributed by atoms with van der Waals surface area (Å²) in [5, 5.41) is 8.93. The molecule has 0 aromatic heterocycles. The Morgan fingerprint density at radius 1 is 1.37 bits per heavy atom. The SMILES string of the molecule is Cc1cc(N)ccc1S(=O)(=O)NCC(C)(C)CCO. The molecule has 0 bridgehead atoms. The van der Waals surface area contributed by atoms with Crippen LogP contribution in [0.25, 0.3) is 0 Å². The van der Waals surface area contributed by atoms with E-state index in [1.165, 1.54) is 6.07 Å². The lowest BCUT2D eigenvalue weighted by Crippen LogP contribution is -2.34. The van der Waals surface area contributed by atoms with Crippen molar-refractivity contribution in [2.24, 2.45) is 5.41 Å². The van der Waals surface area contributed by atoms with Gasteiger partial charge in [-0.05, 0) is 42.5 Å². The Balaban J connectivity index is 2.87. The van der Waals surface area contributed by atoms with Crippen molar-refractivity contribution >= 4 is 15.7 Å². The number of aliphatic hydroxyl groups is 1. The van der Waals surface area contributed by atoms with Crippen LogP contribution in [0.4, 0.5) is 5.69 Å². The molecule has 0 unspecified atom stereocenters. The number of aliphatic hydroxyl groups excluding tert-OH is 1. The lowest BCUT2D eigenvalue weighted by atomic mass is 9.90. The maximum absolute atomic E-state index is 12.2. The van der Waals surface area contributed by atoms with Crippen LogP contribution in [0.3, 0.4) is 0 Å². The van der Waals surface area contributed by atoms with E-state index >= 15 is 0 Å². The number of nitrogens with one attached hydrogen (secondary N) is 1. The molecule has 0 aliphatic carbocycles. The number of nitrogen functional groups attached to an aromatic ring is 1. The van der Waals surface area contributed by atoms with Gasteiger partial charge in [-0.3, -0.25) is 0 Å². The summed E-state index contributed by atoms with van der Waals surface area (Å²) in [6.45, 7) is 5.84. The second kappa shape index (κ2) is 5.90. The number of hydrogen-bond donors (Lipinski definition) is 3. The molecule has 0 aliphatic rings. The van der Waals surface area contributed by atoms with Crippen molar-refractivity contribution in [1.29, 1.82) is 0 Å². The molecule has 5 nitrogen and oxygen atoms in total.